The second-order valence-electron chi connectivity index (χ2n) is 6.46. The molecular weight excluding hydrogens is 302 g/mol. The first-order valence-electron chi connectivity index (χ1n) is 8.63. The van der Waals surface area contributed by atoms with Crippen LogP contribution in [0.3, 0.4) is 0 Å². The standard InChI is InChI=1S/C19H25N3O2/c1-16(14-24-15-17-7-3-2-4-8-17)19(23)22-12-5-9-18(22)13-21-11-6-10-20-21/h2-4,6-8,10-11,16,18H,5,9,12-15H2,1H3/t16-,18-/m1/s1. The van der Waals surface area contributed by atoms with E-state index in [-0.39, 0.29) is 17.9 Å². The summed E-state index contributed by atoms with van der Waals surface area (Å²) in [5.41, 5.74) is 1.13. The van der Waals surface area contributed by atoms with Gasteiger partial charge in [-0.15, -0.1) is 0 Å². The van der Waals surface area contributed by atoms with Crippen LogP contribution in [0.2, 0.25) is 0 Å². The Morgan fingerprint density at radius 3 is 2.92 bits per heavy atom. The lowest BCUT2D eigenvalue weighted by atomic mass is 10.1. The van der Waals surface area contributed by atoms with Gasteiger partial charge in [-0.25, -0.2) is 0 Å². The van der Waals surface area contributed by atoms with E-state index >= 15 is 0 Å². The van der Waals surface area contributed by atoms with Gasteiger partial charge in [0.2, 0.25) is 5.91 Å². The van der Waals surface area contributed by atoms with Crippen LogP contribution in [0.5, 0.6) is 0 Å². The lowest BCUT2D eigenvalue weighted by Gasteiger charge is -2.27. The molecule has 1 aliphatic heterocycles. The first kappa shape index (κ1) is 16.7. The third kappa shape index (κ3) is 4.23. The minimum atomic E-state index is -0.119. The minimum Gasteiger partial charge on any atom is -0.376 e. The molecule has 5 nitrogen and oxygen atoms in total. The van der Waals surface area contributed by atoms with Gasteiger partial charge in [0.15, 0.2) is 0 Å². The van der Waals surface area contributed by atoms with Crippen LogP contribution in [0.1, 0.15) is 25.3 Å². The van der Waals surface area contributed by atoms with Crippen LogP contribution in [-0.4, -0.2) is 39.8 Å². The third-order valence-electron chi connectivity index (χ3n) is 4.52. The molecular formula is C19H25N3O2. The van der Waals surface area contributed by atoms with E-state index in [4.69, 9.17) is 4.74 Å². The van der Waals surface area contributed by atoms with Gasteiger partial charge in [-0.3, -0.25) is 9.48 Å². The van der Waals surface area contributed by atoms with Crippen molar-refractivity contribution >= 4 is 5.91 Å². The Bertz CT molecular complexity index is 627. The molecule has 5 heteroatoms. The molecule has 128 valence electrons. The smallest absolute Gasteiger partial charge is 0.228 e. The van der Waals surface area contributed by atoms with Crippen LogP contribution in [0.4, 0.5) is 0 Å². The van der Waals surface area contributed by atoms with Gasteiger partial charge < -0.3 is 9.64 Å². The lowest BCUT2D eigenvalue weighted by Crippen LogP contribution is -2.42. The molecule has 1 aromatic heterocycles. The summed E-state index contributed by atoms with van der Waals surface area (Å²) < 4.78 is 7.65. The minimum absolute atomic E-state index is 0.119. The van der Waals surface area contributed by atoms with Crippen molar-refractivity contribution in [2.45, 2.75) is 39.0 Å². The van der Waals surface area contributed by atoms with Crippen molar-refractivity contribution in [2.24, 2.45) is 5.92 Å². The number of likely N-dealkylation sites (tertiary alicyclic amines) is 1. The van der Waals surface area contributed by atoms with Crippen molar-refractivity contribution in [1.29, 1.82) is 0 Å². The molecule has 1 aliphatic rings. The zero-order valence-electron chi connectivity index (χ0n) is 14.2. The van der Waals surface area contributed by atoms with E-state index < -0.39 is 0 Å². The Morgan fingerprint density at radius 1 is 1.33 bits per heavy atom. The molecule has 0 bridgehead atoms. The van der Waals surface area contributed by atoms with Crippen LogP contribution in [0, 0.1) is 5.92 Å². The predicted octanol–water partition coefficient (Wildman–Crippen LogP) is 2.73. The molecule has 0 saturated carbocycles. The van der Waals surface area contributed by atoms with Gasteiger partial charge in [0, 0.05) is 18.9 Å². The van der Waals surface area contributed by atoms with Gasteiger partial charge in [-0.2, -0.15) is 5.10 Å². The highest BCUT2D eigenvalue weighted by atomic mass is 16.5. The molecule has 2 heterocycles. The Morgan fingerprint density at radius 2 is 2.17 bits per heavy atom. The molecule has 0 N–H and O–H groups in total. The van der Waals surface area contributed by atoms with Crippen molar-refractivity contribution in [3.8, 4) is 0 Å². The fourth-order valence-corrected chi connectivity index (χ4v) is 3.22. The third-order valence-corrected chi connectivity index (χ3v) is 4.52. The van der Waals surface area contributed by atoms with Gasteiger partial charge in [0.05, 0.1) is 31.7 Å². The number of hydrogen-bond donors (Lipinski definition) is 0. The van der Waals surface area contributed by atoms with Crippen molar-refractivity contribution < 1.29 is 9.53 Å². The van der Waals surface area contributed by atoms with E-state index in [2.05, 4.69) is 5.10 Å². The lowest BCUT2D eigenvalue weighted by molar-refractivity contribution is -0.138. The van der Waals surface area contributed by atoms with Crippen LogP contribution in [0.15, 0.2) is 48.8 Å². The molecule has 1 saturated heterocycles. The van der Waals surface area contributed by atoms with E-state index in [9.17, 15) is 4.79 Å². The summed E-state index contributed by atoms with van der Waals surface area (Å²) in [7, 11) is 0. The highest BCUT2D eigenvalue weighted by molar-refractivity contribution is 5.79. The van der Waals surface area contributed by atoms with Crippen LogP contribution in [0.25, 0.3) is 0 Å². The Balaban J connectivity index is 1.48. The summed E-state index contributed by atoms with van der Waals surface area (Å²) in [6.07, 6.45) is 5.84. The zero-order valence-corrected chi connectivity index (χ0v) is 14.2. The summed E-state index contributed by atoms with van der Waals surface area (Å²) in [6, 6.07) is 12.2. The highest BCUT2D eigenvalue weighted by Crippen LogP contribution is 2.21. The van der Waals surface area contributed by atoms with Crippen molar-refractivity contribution in [1.82, 2.24) is 14.7 Å². The van der Waals surface area contributed by atoms with E-state index in [1.54, 1.807) is 6.20 Å². The van der Waals surface area contributed by atoms with Crippen LogP contribution >= 0.6 is 0 Å². The van der Waals surface area contributed by atoms with Gasteiger partial charge in [-0.05, 0) is 24.5 Å². The molecule has 0 unspecified atom stereocenters. The van der Waals surface area contributed by atoms with Crippen LogP contribution < -0.4 is 0 Å². The second-order valence-corrected chi connectivity index (χ2v) is 6.46. The summed E-state index contributed by atoms with van der Waals surface area (Å²) >= 11 is 0. The highest BCUT2D eigenvalue weighted by Gasteiger charge is 2.31. The number of hydrogen-bond acceptors (Lipinski definition) is 3. The molecule has 24 heavy (non-hydrogen) atoms. The monoisotopic (exact) mass is 327 g/mol. The number of carbonyl (C=O) groups excluding carboxylic acids is 1. The zero-order chi connectivity index (χ0) is 16.8. The SMILES string of the molecule is C[C@H](COCc1ccccc1)C(=O)N1CCC[C@@H]1Cn1cccn1. The fourth-order valence-electron chi connectivity index (χ4n) is 3.22. The number of aromatic nitrogens is 2. The predicted molar refractivity (Wildman–Crippen MR) is 92.2 cm³/mol. The van der Waals surface area contributed by atoms with E-state index in [1.165, 1.54) is 0 Å². The number of benzene rings is 1. The number of rotatable bonds is 7. The summed E-state index contributed by atoms with van der Waals surface area (Å²) in [5, 5.41) is 4.26. The number of nitrogens with zero attached hydrogens (tertiary/aromatic N) is 3. The Labute approximate surface area is 143 Å². The maximum absolute atomic E-state index is 12.7. The van der Waals surface area contributed by atoms with Crippen molar-refractivity contribution in [2.75, 3.05) is 13.2 Å². The van der Waals surface area contributed by atoms with E-state index in [1.807, 2.05) is 59.1 Å². The average Bonchev–Trinajstić information content (AvgIpc) is 3.27. The van der Waals surface area contributed by atoms with Crippen molar-refractivity contribution in [3.63, 3.8) is 0 Å². The average molecular weight is 327 g/mol. The summed E-state index contributed by atoms with van der Waals surface area (Å²) in [4.78, 5) is 14.8. The number of amides is 1. The first-order chi connectivity index (χ1) is 11.7. The number of ether oxygens (including phenoxy) is 1. The topological polar surface area (TPSA) is 47.4 Å². The molecule has 2 aromatic rings. The molecule has 1 fully saturated rings. The van der Waals surface area contributed by atoms with Gasteiger partial charge in [0.1, 0.15) is 0 Å². The molecule has 0 aliphatic carbocycles. The quantitative estimate of drug-likeness (QED) is 0.785. The molecule has 1 aromatic carbocycles. The second kappa shape index (κ2) is 8.11. The number of carbonyl (C=O) groups is 1. The van der Waals surface area contributed by atoms with Gasteiger partial charge in [0.25, 0.3) is 0 Å². The summed E-state index contributed by atoms with van der Waals surface area (Å²) in [6.45, 7) is 4.58. The largest absolute Gasteiger partial charge is 0.376 e. The normalized spacial score (nSPS) is 18.7. The van der Waals surface area contributed by atoms with Gasteiger partial charge in [-0.1, -0.05) is 37.3 Å². The van der Waals surface area contributed by atoms with Crippen LogP contribution in [-0.2, 0) is 22.7 Å². The summed E-state index contributed by atoms with van der Waals surface area (Å²) in [5.74, 6) is 0.0738. The molecule has 2 atom stereocenters. The molecule has 0 radical (unpaired) electrons. The maximum Gasteiger partial charge on any atom is 0.228 e. The Hall–Kier alpha value is -2.14. The molecule has 1 amide bonds. The maximum atomic E-state index is 12.7. The van der Waals surface area contributed by atoms with Gasteiger partial charge >= 0.3 is 0 Å². The molecule has 0 spiro atoms. The Kier molecular flexibility index (Phi) is 5.64. The first-order valence-corrected chi connectivity index (χ1v) is 8.63. The van der Waals surface area contributed by atoms with Crippen molar-refractivity contribution in [3.05, 3.63) is 54.4 Å². The van der Waals surface area contributed by atoms with E-state index in [0.29, 0.717) is 13.2 Å². The fraction of sp³-hybridized carbons (Fsp3) is 0.474. The molecule has 3 rings (SSSR count). The van der Waals surface area contributed by atoms with E-state index in [0.717, 1.165) is 31.5 Å².